The summed E-state index contributed by atoms with van der Waals surface area (Å²) in [6.07, 6.45) is 6.84. The minimum atomic E-state index is -0.334. The van der Waals surface area contributed by atoms with Crippen LogP contribution in [0.4, 0.5) is 14.5 Å². The molecule has 0 saturated carbocycles. The molecular formula is C23H21F2N3O. The van der Waals surface area contributed by atoms with E-state index in [2.05, 4.69) is 9.88 Å². The minimum absolute atomic E-state index is 0.129. The van der Waals surface area contributed by atoms with Gasteiger partial charge in [0.2, 0.25) is 5.91 Å². The molecule has 0 unspecified atom stereocenters. The summed E-state index contributed by atoms with van der Waals surface area (Å²) in [6.45, 7) is 1.66. The molecular weight excluding hydrogens is 372 g/mol. The third kappa shape index (κ3) is 3.09. The van der Waals surface area contributed by atoms with Gasteiger partial charge in [0.25, 0.3) is 0 Å². The summed E-state index contributed by atoms with van der Waals surface area (Å²) >= 11 is 0. The normalized spacial score (nSPS) is 14.8. The number of nitrogens with zero attached hydrogens (tertiary/aromatic N) is 2. The van der Waals surface area contributed by atoms with E-state index >= 15 is 0 Å². The van der Waals surface area contributed by atoms with Crippen molar-refractivity contribution >= 4 is 33.4 Å². The van der Waals surface area contributed by atoms with Crippen molar-refractivity contribution in [3.63, 3.8) is 0 Å². The molecule has 1 N–H and O–H groups in total. The third-order valence-electron chi connectivity index (χ3n) is 5.81. The number of aromatic nitrogens is 2. The molecule has 5 rings (SSSR count). The van der Waals surface area contributed by atoms with E-state index < -0.39 is 0 Å². The van der Waals surface area contributed by atoms with E-state index in [1.807, 2.05) is 6.07 Å². The largest absolute Gasteiger partial charge is 0.369 e. The summed E-state index contributed by atoms with van der Waals surface area (Å²) in [5.41, 5.74) is 2.82. The second-order valence-corrected chi connectivity index (χ2v) is 7.64. The zero-order chi connectivity index (χ0) is 20.0. The summed E-state index contributed by atoms with van der Waals surface area (Å²) < 4.78 is 29.9. The number of hydrogen-bond donors (Lipinski definition) is 1. The standard InChI is InChI=1S/C23H21F2N3O/c24-16-4-6-20-18(13-16)15(14-26-20)12-22(29)28-11-8-17-21(28)7-5-19(25)23(17)27-9-2-1-3-10-27/h4-8,11,13-14,26H,1-3,9-10,12H2. The maximum Gasteiger partial charge on any atom is 0.235 e. The van der Waals surface area contributed by atoms with Gasteiger partial charge in [-0.05, 0) is 61.2 Å². The van der Waals surface area contributed by atoms with E-state index in [-0.39, 0.29) is 24.0 Å². The molecule has 4 nitrogen and oxygen atoms in total. The van der Waals surface area contributed by atoms with Crippen LogP contribution < -0.4 is 4.90 Å². The highest BCUT2D eigenvalue weighted by Gasteiger charge is 2.21. The van der Waals surface area contributed by atoms with Gasteiger partial charge >= 0.3 is 0 Å². The predicted octanol–water partition coefficient (Wildman–Crippen LogP) is 5.27. The van der Waals surface area contributed by atoms with E-state index in [9.17, 15) is 13.6 Å². The lowest BCUT2D eigenvalue weighted by Gasteiger charge is -2.29. The van der Waals surface area contributed by atoms with Crippen molar-refractivity contribution < 1.29 is 13.6 Å². The van der Waals surface area contributed by atoms with Gasteiger partial charge in [0.15, 0.2) is 0 Å². The lowest BCUT2D eigenvalue weighted by molar-refractivity contribution is 0.0920. The molecule has 1 aliphatic rings. The Bertz CT molecular complexity index is 1220. The molecule has 0 aliphatic carbocycles. The lowest BCUT2D eigenvalue weighted by atomic mass is 10.1. The van der Waals surface area contributed by atoms with Crippen molar-refractivity contribution in [2.75, 3.05) is 18.0 Å². The van der Waals surface area contributed by atoms with Crippen molar-refractivity contribution in [3.8, 4) is 0 Å². The molecule has 29 heavy (non-hydrogen) atoms. The van der Waals surface area contributed by atoms with E-state index in [1.54, 1.807) is 29.1 Å². The molecule has 1 fully saturated rings. The first-order chi connectivity index (χ1) is 14.1. The van der Waals surface area contributed by atoms with Gasteiger partial charge in [-0.2, -0.15) is 0 Å². The van der Waals surface area contributed by atoms with E-state index in [4.69, 9.17) is 0 Å². The molecule has 0 atom stereocenters. The van der Waals surface area contributed by atoms with E-state index in [0.29, 0.717) is 16.6 Å². The first-order valence-electron chi connectivity index (χ1n) is 9.95. The average Bonchev–Trinajstić information content (AvgIpc) is 3.33. The van der Waals surface area contributed by atoms with Gasteiger partial charge in [0.05, 0.1) is 17.6 Å². The van der Waals surface area contributed by atoms with Crippen LogP contribution in [-0.2, 0) is 6.42 Å². The Kier molecular flexibility index (Phi) is 4.34. The summed E-state index contributed by atoms with van der Waals surface area (Å²) in [5, 5.41) is 1.46. The Labute approximate surface area is 166 Å². The molecule has 148 valence electrons. The number of anilines is 1. The number of carbonyl (C=O) groups is 1. The van der Waals surface area contributed by atoms with Gasteiger partial charge in [0, 0.05) is 41.8 Å². The fourth-order valence-corrected chi connectivity index (χ4v) is 4.38. The Morgan fingerprint density at radius 2 is 1.83 bits per heavy atom. The number of rotatable bonds is 3. The minimum Gasteiger partial charge on any atom is -0.369 e. The fraction of sp³-hybridized carbons (Fsp3) is 0.261. The summed E-state index contributed by atoms with van der Waals surface area (Å²) in [7, 11) is 0. The van der Waals surface area contributed by atoms with Gasteiger partial charge in [-0.15, -0.1) is 0 Å². The first kappa shape index (κ1) is 17.9. The van der Waals surface area contributed by atoms with Crippen LogP contribution >= 0.6 is 0 Å². The number of halogens is 2. The Morgan fingerprint density at radius 1 is 1.00 bits per heavy atom. The molecule has 0 spiro atoms. The number of H-pyrrole nitrogens is 1. The van der Waals surface area contributed by atoms with E-state index in [1.165, 1.54) is 24.6 Å². The Morgan fingerprint density at radius 3 is 2.66 bits per heavy atom. The average molecular weight is 393 g/mol. The zero-order valence-electron chi connectivity index (χ0n) is 15.9. The molecule has 6 heteroatoms. The zero-order valence-corrected chi connectivity index (χ0v) is 15.9. The molecule has 2 aromatic heterocycles. The Balaban J connectivity index is 1.51. The molecule has 1 aliphatic heterocycles. The van der Waals surface area contributed by atoms with Gasteiger partial charge < -0.3 is 9.88 Å². The van der Waals surface area contributed by atoms with Gasteiger partial charge in [0.1, 0.15) is 11.6 Å². The second kappa shape index (κ2) is 7.03. The van der Waals surface area contributed by atoms with Crippen LogP contribution in [0.5, 0.6) is 0 Å². The van der Waals surface area contributed by atoms with Crippen molar-refractivity contribution in [2.24, 2.45) is 0 Å². The molecule has 1 saturated heterocycles. The van der Waals surface area contributed by atoms with Crippen LogP contribution in [-0.4, -0.2) is 28.5 Å². The number of hydrogen-bond acceptors (Lipinski definition) is 2. The lowest BCUT2D eigenvalue weighted by Crippen LogP contribution is -2.30. The van der Waals surface area contributed by atoms with Crippen LogP contribution in [0.1, 0.15) is 29.6 Å². The van der Waals surface area contributed by atoms with Crippen LogP contribution in [0.3, 0.4) is 0 Å². The first-order valence-corrected chi connectivity index (χ1v) is 9.95. The predicted molar refractivity (Wildman–Crippen MR) is 111 cm³/mol. The number of nitrogens with one attached hydrogen (secondary N) is 1. The molecule has 0 bridgehead atoms. The van der Waals surface area contributed by atoms with Crippen molar-refractivity contribution in [3.05, 3.63) is 66.0 Å². The van der Waals surface area contributed by atoms with Crippen LogP contribution in [0.15, 0.2) is 48.8 Å². The van der Waals surface area contributed by atoms with Gasteiger partial charge in [-0.25, -0.2) is 8.78 Å². The van der Waals surface area contributed by atoms with Crippen molar-refractivity contribution in [1.29, 1.82) is 0 Å². The second-order valence-electron chi connectivity index (χ2n) is 7.64. The monoisotopic (exact) mass is 393 g/mol. The summed E-state index contributed by atoms with van der Waals surface area (Å²) in [5.74, 6) is -0.725. The maximum atomic E-state index is 14.7. The summed E-state index contributed by atoms with van der Waals surface area (Å²) in [4.78, 5) is 18.2. The maximum absolute atomic E-state index is 14.7. The summed E-state index contributed by atoms with van der Waals surface area (Å²) in [6, 6.07) is 9.40. The van der Waals surface area contributed by atoms with Gasteiger partial charge in [-0.3, -0.25) is 9.36 Å². The number of benzene rings is 2. The SMILES string of the molecule is O=C(Cc1c[nH]c2ccc(F)cc12)n1ccc2c(N3CCCCC3)c(F)ccc21. The van der Waals surface area contributed by atoms with Gasteiger partial charge in [-0.1, -0.05) is 0 Å². The highest BCUT2D eigenvalue weighted by Crippen LogP contribution is 2.33. The topological polar surface area (TPSA) is 41.0 Å². The number of fused-ring (bicyclic) bond motifs is 2. The van der Waals surface area contributed by atoms with Crippen molar-refractivity contribution in [1.82, 2.24) is 9.55 Å². The van der Waals surface area contributed by atoms with Crippen LogP contribution in [0.2, 0.25) is 0 Å². The molecule has 3 heterocycles. The van der Waals surface area contributed by atoms with Crippen LogP contribution in [0, 0.1) is 11.6 Å². The third-order valence-corrected chi connectivity index (χ3v) is 5.81. The highest BCUT2D eigenvalue weighted by molar-refractivity contribution is 6.00. The number of aromatic amines is 1. The van der Waals surface area contributed by atoms with E-state index in [0.717, 1.165) is 42.4 Å². The quantitative estimate of drug-likeness (QED) is 0.515. The van der Waals surface area contributed by atoms with Crippen LogP contribution in [0.25, 0.3) is 21.8 Å². The molecule has 0 radical (unpaired) electrons. The Hall–Kier alpha value is -3.15. The molecule has 0 amide bonds. The number of piperidine rings is 1. The highest BCUT2D eigenvalue weighted by atomic mass is 19.1. The molecule has 2 aromatic carbocycles. The number of carbonyl (C=O) groups excluding carboxylic acids is 1. The smallest absolute Gasteiger partial charge is 0.235 e. The molecule has 4 aromatic rings. The fourth-order valence-electron chi connectivity index (χ4n) is 4.38. The van der Waals surface area contributed by atoms with Crippen molar-refractivity contribution in [2.45, 2.75) is 25.7 Å².